The Morgan fingerprint density at radius 2 is 2.05 bits per heavy atom. The Morgan fingerprint density at radius 1 is 1.24 bits per heavy atom. The average molecular weight is 288 g/mol. The van der Waals surface area contributed by atoms with Gasteiger partial charge in [0.25, 0.3) is 0 Å². The van der Waals surface area contributed by atoms with E-state index in [9.17, 15) is 0 Å². The molecule has 1 aliphatic heterocycles. The Hall–Kier alpha value is -0.900. The standard InChI is InChI=1S/C18H28N2O/c1-3-15-13-20(16-9-10-17(11-16)21-2)18(12-19-15)14-7-5-4-6-8-14/h4-8,15-19H,3,9-13H2,1-2H3. The molecule has 1 saturated heterocycles. The average Bonchev–Trinajstić information content (AvgIpc) is 3.04. The molecular formula is C18H28N2O. The number of benzene rings is 1. The molecule has 0 amide bonds. The molecule has 0 bridgehead atoms. The lowest BCUT2D eigenvalue weighted by Crippen LogP contribution is -2.54. The van der Waals surface area contributed by atoms with Gasteiger partial charge < -0.3 is 10.1 Å². The number of nitrogens with one attached hydrogen (secondary N) is 1. The number of nitrogens with zero attached hydrogens (tertiary/aromatic N) is 1. The summed E-state index contributed by atoms with van der Waals surface area (Å²) in [6, 6.07) is 12.8. The van der Waals surface area contributed by atoms with E-state index in [1.54, 1.807) is 0 Å². The minimum absolute atomic E-state index is 0.460. The highest BCUT2D eigenvalue weighted by atomic mass is 16.5. The monoisotopic (exact) mass is 288 g/mol. The molecule has 1 saturated carbocycles. The molecule has 0 spiro atoms. The number of rotatable bonds is 4. The number of methoxy groups -OCH3 is 1. The van der Waals surface area contributed by atoms with E-state index in [-0.39, 0.29) is 0 Å². The van der Waals surface area contributed by atoms with Crippen molar-refractivity contribution in [1.29, 1.82) is 0 Å². The summed E-state index contributed by atoms with van der Waals surface area (Å²) in [5.41, 5.74) is 1.44. The van der Waals surface area contributed by atoms with Gasteiger partial charge in [0.15, 0.2) is 0 Å². The topological polar surface area (TPSA) is 24.5 Å². The van der Waals surface area contributed by atoms with Gasteiger partial charge in [-0.1, -0.05) is 37.3 Å². The van der Waals surface area contributed by atoms with Crippen LogP contribution >= 0.6 is 0 Å². The third kappa shape index (κ3) is 3.31. The fourth-order valence-electron chi connectivity index (χ4n) is 3.94. The van der Waals surface area contributed by atoms with E-state index in [1.165, 1.54) is 31.2 Å². The molecule has 1 N–H and O–H groups in total. The highest BCUT2D eigenvalue weighted by Gasteiger charge is 2.37. The summed E-state index contributed by atoms with van der Waals surface area (Å²) in [7, 11) is 1.86. The van der Waals surface area contributed by atoms with Crippen LogP contribution in [0, 0.1) is 0 Å². The van der Waals surface area contributed by atoms with Crippen molar-refractivity contribution in [3.8, 4) is 0 Å². The quantitative estimate of drug-likeness (QED) is 0.922. The summed E-state index contributed by atoms with van der Waals surface area (Å²) in [4.78, 5) is 2.75. The number of hydrogen-bond donors (Lipinski definition) is 1. The van der Waals surface area contributed by atoms with Gasteiger partial charge in [-0.05, 0) is 31.2 Å². The van der Waals surface area contributed by atoms with Crippen molar-refractivity contribution < 1.29 is 4.74 Å². The highest BCUT2D eigenvalue weighted by Crippen LogP contribution is 2.34. The zero-order valence-electron chi connectivity index (χ0n) is 13.3. The fraction of sp³-hybridized carbons (Fsp3) is 0.667. The first-order valence-corrected chi connectivity index (χ1v) is 8.38. The number of ether oxygens (including phenoxy) is 1. The number of hydrogen-bond acceptors (Lipinski definition) is 3. The Balaban J connectivity index is 1.77. The predicted octanol–water partition coefficient (Wildman–Crippen LogP) is 2.98. The van der Waals surface area contributed by atoms with Crippen LogP contribution < -0.4 is 5.32 Å². The lowest BCUT2D eigenvalue weighted by Gasteiger charge is -2.44. The normalized spacial score (nSPS) is 34.2. The van der Waals surface area contributed by atoms with Gasteiger partial charge in [0.2, 0.25) is 0 Å². The van der Waals surface area contributed by atoms with Gasteiger partial charge >= 0.3 is 0 Å². The summed E-state index contributed by atoms with van der Waals surface area (Å²) in [6.07, 6.45) is 5.34. The Bertz CT molecular complexity index is 436. The van der Waals surface area contributed by atoms with Gasteiger partial charge in [0.1, 0.15) is 0 Å². The van der Waals surface area contributed by atoms with Crippen molar-refractivity contribution in [2.75, 3.05) is 20.2 Å². The van der Waals surface area contributed by atoms with Crippen LogP contribution in [0.4, 0.5) is 0 Å². The van der Waals surface area contributed by atoms with Gasteiger partial charge in [-0.3, -0.25) is 4.90 Å². The van der Waals surface area contributed by atoms with Crippen LogP contribution in [0.3, 0.4) is 0 Å². The van der Waals surface area contributed by atoms with Crippen LogP contribution in [0.2, 0.25) is 0 Å². The summed E-state index contributed by atoms with van der Waals surface area (Å²) in [5.74, 6) is 0. The lowest BCUT2D eigenvalue weighted by molar-refractivity contribution is 0.0616. The van der Waals surface area contributed by atoms with Crippen molar-refractivity contribution in [3.05, 3.63) is 35.9 Å². The zero-order chi connectivity index (χ0) is 14.7. The molecule has 0 radical (unpaired) electrons. The van der Waals surface area contributed by atoms with Crippen molar-refractivity contribution in [2.24, 2.45) is 0 Å². The maximum Gasteiger partial charge on any atom is 0.0586 e. The third-order valence-corrected chi connectivity index (χ3v) is 5.27. The maximum absolute atomic E-state index is 5.58. The van der Waals surface area contributed by atoms with E-state index < -0.39 is 0 Å². The van der Waals surface area contributed by atoms with E-state index in [1.807, 2.05) is 7.11 Å². The van der Waals surface area contributed by atoms with Gasteiger partial charge in [-0.15, -0.1) is 0 Å². The SMILES string of the molecule is CCC1CN(C2CCC(OC)C2)C(c2ccccc2)CN1. The van der Waals surface area contributed by atoms with Gasteiger partial charge in [-0.2, -0.15) is 0 Å². The largest absolute Gasteiger partial charge is 0.381 e. The first-order valence-electron chi connectivity index (χ1n) is 8.38. The van der Waals surface area contributed by atoms with Crippen LogP contribution in [0.5, 0.6) is 0 Å². The van der Waals surface area contributed by atoms with Gasteiger partial charge in [0, 0.05) is 38.3 Å². The predicted molar refractivity (Wildman–Crippen MR) is 86.4 cm³/mol. The minimum atomic E-state index is 0.460. The third-order valence-electron chi connectivity index (χ3n) is 5.27. The maximum atomic E-state index is 5.58. The molecule has 4 unspecified atom stereocenters. The van der Waals surface area contributed by atoms with Crippen LogP contribution in [-0.2, 0) is 4.74 Å². The zero-order valence-corrected chi connectivity index (χ0v) is 13.3. The van der Waals surface area contributed by atoms with Crippen LogP contribution in [-0.4, -0.2) is 43.3 Å². The van der Waals surface area contributed by atoms with Crippen molar-refractivity contribution in [1.82, 2.24) is 10.2 Å². The lowest BCUT2D eigenvalue weighted by atomic mass is 9.97. The van der Waals surface area contributed by atoms with Crippen LogP contribution in [0.15, 0.2) is 30.3 Å². The molecule has 3 rings (SSSR count). The molecule has 1 aliphatic carbocycles. The highest BCUT2D eigenvalue weighted by molar-refractivity contribution is 5.21. The molecule has 4 atom stereocenters. The smallest absolute Gasteiger partial charge is 0.0586 e. The minimum Gasteiger partial charge on any atom is -0.381 e. The molecule has 3 nitrogen and oxygen atoms in total. The molecule has 2 aliphatic rings. The number of piperazine rings is 1. The summed E-state index contributed by atoms with van der Waals surface area (Å²) in [6.45, 7) is 4.51. The first kappa shape index (κ1) is 15.0. The van der Waals surface area contributed by atoms with Crippen LogP contribution in [0.1, 0.15) is 44.2 Å². The Kier molecular flexibility index (Phi) is 4.94. The van der Waals surface area contributed by atoms with E-state index >= 15 is 0 Å². The van der Waals surface area contributed by atoms with E-state index in [0.29, 0.717) is 24.2 Å². The van der Waals surface area contributed by atoms with Gasteiger partial charge in [0.05, 0.1) is 6.10 Å². The fourth-order valence-corrected chi connectivity index (χ4v) is 3.94. The molecule has 21 heavy (non-hydrogen) atoms. The first-order chi connectivity index (χ1) is 10.3. The second kappa shape index (κ2) is 6.91. The van der Waals surface area contributed by atoms with Crippen molar-refractivity contribution >= 4 is 0 Å². The molecule has 1 aromatic rings. The Labute approximate surface area is 128 Å². The van der Waals surface area contributed by atoms with Crippen LogP contribution in [0.25, 0.3) is 0 Å². The van der Waals surface area contributed by atoms with Crippen molar-refractivity contribution in [3.63, 3.8) is 0 Å². The molecule has 0 aromatic heterocycles. The summed E-state index contributed by atoms with van der Waals surface area (Å²) in [5, 5.41) is 3.72. The molecule has 116 valence electrons. The summed E-state index contributed by atoms with van der Waals surface area (Å²) < 4.78 is 5.58. The molecular weight excluding hydrogens is 260 g/mol. The molecule has 1 aromatic carbocycles. The van der Waals surface area contributed by atoms with E-state index in [4.69, 9.17) is 4.74 Å². The Morgan fingerprint density at radius 3 is 2.71 bits per heavy atom. The second-order valence-electron chi connectivity index (χ2n) is 6.46. The summed E-state index contributed by atoms with van der Waals surface area (Å²) >= 11 is 0. The second-order valence-corrected chi connectivity index (χ2v) is 6.46. The van der Waals surface area contributed by atoms with E-state index in [2.05, 4.69) is 47.5 Å². The van der Waals surface area contributed by atoms with E-state index in [0.717, 1.165) is 13.1 Å². The molecule has 1 heterocycles. The molecule has 2 fully saturated rings. The molecule has 3 heteroatoms. The van der Waals surface area contributed by atoms with Crippen molar-refractivity contribution in [2.45, 2.75) is 56.8 Å². The van der Waals surface area contributed by atoms with Gasteiger partial charge in [-0.25, -0.2) is 0 Å².